The van der Waals surface area contributed by atoms with Gasteiger partial charge in [0.05, 0.1) is 0 Å². The van der Waals surface area contributed by atoms with Crippen molar-refractivity contribution in [1.29, 1.82) is 0 Å². The van der Waals surface area contributed by atoms with Crippen molar-refractivity contribution in [3.8, 4) is 0 Å². The predicted octanol–water partition coefficient (Wildman–Crippen LogP) is 2.51. The van der Waals surface area contributed by atoms with Crippen LogP contribution < -0.4 is 5.32 Å². The molecule has 0 spiro atoms. The number of rotatable bonds is 4. The van der Waals surface area contributed by atoms with E-state index in [0.717, 1.165) is 12.8 Å². The molecule has 0 aliphatic heterocycles. The molecule has 0 saturated heterocycles. The smallest absolute Gasteiger partial charge is 0.258 e. The van der Waals surface area contributed by atoms with E-state index in [1.165, 1.54) is 17.4 Å². The second kappa shape index (κ2) is 6.10. The molecule has 1 aromatic heterocycles. The summed E-state index contributed by atoms with van der Waals surface area (Å²) in [5.74, 6) is -0.720. The van der Waals surface area contributed by atoms with Crippen LogP contribution in [0.3, 0.4) is 0 Å². The first-order valence-electron chi connectivity index (χ1n) is 7.16. The number of benzene rings is 1. The topological polar surface area (TPSA) is 75.1 Å². The maximum atomic E-state index is 13.6. The van der Waals surface area contributed by atoms with Gasteiger partial charge in [0.2, 0.25) is 5.13 Å². The standard InChI is InChI=1S/C15H16FN3O2S/c16-11-6-2-1-5-10(11)9-12-18-19-14(22-12)17-13(20)15(21)7-3-4-8-15/h1-2,5-6,21H,3-4,7-9H2,(H,17,19,20). The van der Waals surface area contributed by atoms with E-state index in [1.54, 1.807) is 18.2 Å². The fourth-order valence-electron chi connectivity index (χ4n) is 2.58. The molecule has 3 rings (SSSR count). The zero-order valence-electron chi connectivity index (χ0n) is 11.9. The molecule has 0 radical (unpaired) electrons. The van der Waals surface area contributed by atoms with Crippen molar-refractivity contribution >= 4 is 22.4 Å². The molecule has 2 N–H and O–H groups in total. The first kappa shape index (κ1) is 15.1. The first-order valence-corrected chi connectivity index (χ1v) is 7.98. The lowest BCUT2D eigenvalue weighted by Gasteiger charge is -2.19. The van der Waals surface area contributed by atoms with E-state index in [9.17, 15) is 14.3 Å². The third kappa shape index (κ3) is 3.15. The predicted molar refractivity (Wildman–Crippen MR) is 81.2 cm³/mol. The summed E-state index contributed by atoms with van der Waals surface area (Å²) < 4.78 is 13.6. The minimum absolute atomic E-state index is 0.288. The number of hydrogen-bond acceptors (Lipinski definition) is 5. The highest BCUT2D eigenvalue weighted by molar-refractivity contribution is 7.15. The number of nitrogens with one attached hydrogen (secondary N) is 1. The highest BCUT2D eigenvalue weighted by Crippen LogP contribution is 2.31. The summed E-state index contributed by atoms with van der Waals surface area (Å²) in [6.45, 7) is 0. The van der Waals surface area contributed by atoms with Gasteiger partial charge in [0.1, 0.15) is 16.4 Å². The minimum Gasteiger partial charge on any atom is -0.380 e. The van der Waals surface area contributed by atoms with Crippen LogP contribution in [0.15, 0.2) is 24.3 Å². The average molecular weight is 321 g/mol. The number of hydrogen-bond donors (Lipinski definition) is 2. The van der Waals surface area contributed by atoms with Gasteiger partial charge in [-0.15, -0.1) is 10.2 Å². The van der Waals surface area contributed by atoms with Gasteiger partial charge in [-0.25, -0.2) is 4.39 Å². The van der Waals surface area contributed by atoms with Crippen molar-refractivity contribution < 1.29 is 14.3 Å². The van der Waals surface area contributed by atoms with Crippen molar-refractivity contribution in [2.24, 2.45) is 0 Å². The summed E-state index contributed by atoms with van der Waals surface area (Å²) in [7, 11) is 0. The van der Waals surface area contributed by atoms with Crippen molar-refractivity contribution in [2.75, 3.05) is 5.32 Å². The molecular formula is C15H16FN3O2S. The summed E-state index contributed by atoms with van der Waals surface area (Å²) >= 11 is 1.19. The number of aliphatic hydroxyl groups is 1. The Morgan fingerprint density at radius 1 is 1.32 bits per heavy atom. The largest absolute Gasteiger partial charge is 0.380 e. The summed E-state index contributed by atoms with van der Waals surface area (Å²) in [6.07, 6.45) is 2.96. The Kier molecular flexibility index (Phi) is 4.17. The molecule has 5 nitrogen and oxygen atoms in total. The minimum atomic E-state index is -1.29. The van der Waals surface area contributed by atoms with Gasteiger partial charge in [0.15, 0.2) is 0 Å². The zero-order chi connectivity index (χ0) is 15.6. The molecule has 1 amide bonds. The molecule has 2 aromatic rings. The van der Waals surface area contributed by atoms with Crippen LogP contribution >= 0.6 is 11.3 Å². The van der Waals surface area contributed by atoms with E-state index in [2.05, 4.69) is 15.5 Å². The van der Waals surface area contributed by atoms with Crippen molar-refractivity contribution in [3.05, 3.63) is 40.7 Å². The van der Waals surface area contributed by atoms with E-state index in [0.29, 0.717) is 35.0 Å². The van der Waals surface area contributed by atoms with E-state index in [1.807, 2.05) is 0 Å². The molecule has 7 heteroatoms. The molecule has 116 valence electrons. The number of halogens is 1. The van der Waals surface area contributed by atoms with Crippen molar-refractivity contribution in [1.82, 2.24) is 10.2 Å². The number of anilines is 1. The molecule has 1 aliphatic carbocycles. The Bertz CT molecular complexity index is 683. The molecule has 0 unspecified atom stereocenters. The second-order valence-corrected chi connectivity index (χ2v) is 6.52. The SMILES string of the molecule is O=C(Nc1nnc(Cc2ccccc2F)s1)C1(O)CCCC1. The molecular weight excluding hydrogens is 305 g/mol. The van der Waals surface area contributed by atoms with Crippen molar-refractivity contribution in [3.63, 3.8) is 0 Å². The highest BCUT2D eigenvalue weighted by Gasteiger charge is 2.39. The molecule has 1 fully saturated rings. The first-order chi connectivity index (χ1) is 10.6. The molecule has 1 heterocycles. The Morgan fingerprint density at radius 2 is 2.05 bits per heavy atom. The third-order valence-corrected chi connectivity index (χ3v) is 4.68. The van der Waals surface area contributed by atoms with E-state index < -0.39 is 11.5 Å². The fourth-order valence-corrected chi connectivity index (χ4v) is 3.34. The van der Waals surface area contributed by atoms with Gasteiger partial charge in [-0.05, 0) is 37.3 Å². The van der Waals surface area contributed by atoms with E-state index in [4.69, 9.17) is 0 Å². The summed E-state index contributed by atoms with van der Waals surface area (Å²) in [5.41, 5.74) is -0.761. The van der Waals surface area contributed by atoms with Crippen LogP contribution in [0, 0.1) is 5.82 Å². The molecule has 0 atom stereocenters. The van der Waals surface area contributed by atoms with Crippen LogP contribution in [0.2, 0.25) is 0 Å². The van der Waals surface area contributed by atoms with Crippen LogP contribution in [0.4, 0.5) is 9.52 Å². The van der Waals surface area contributed by atoms with Gasteiger partial charge in [-0.2, -0.15) is 0 Å². The lowest BCUT2D eigenvalue weighted by Crippen LogP contribution is -2.40. The normalized spacial score (nSPS) is 16.6. The molecule has 22 heavy (non-hydrogen) atoms. The number of carbonyl (C=O) groups is 1. The van der Waals surface area contributed by atoms with Crippen LogP contribution in [-0.2, 0) is 11.2 Å². The van der Waals surface area contributed by atoms with E-state index >= 15 is 0 Å². The second-order valence-electron chi connectivity index (χ2n) is 5.46. The molecule has 1 aliphatic rings. The van der Waals surface area contributed by atoms with Gasteiger partial charge in [-0.1, -0.05) is 29.5 Å². The Hall–Kier alpha value is -1.86. The lowest BCUT2D eigenvalue weighted by atomic mass is 10.0. The molecule has 1 saturated carbocycles. The maximum Gasteiger partial charge on any atom is 0.258 e. The van der Waals surface area contributed by atoms with Crippen LogP contribution in [0.1, 0.15) is 36.3 Å². The number of carbonyl (C=O) groups excluding carboxylic acids is 1. The summed E-state index contributed by atoms with van der Waals surface area (Å²) in [5, 5.41) is 21.6. The maximum absolute atomic E-state index is 13.6. The van der Waals surface area contributed by atoms with Crippen molar-refractivity contribution in [2.45, 2.75) is 37.7 Å². The highest BCUT2D eigenvalue weighted by atomic mass is 32.1. The van der Waals surface area contributed by atoms with Gasteiger partial charge < -0.3 is 5.11 Å². The van der Waals surface area contributed by atoms with Gasteiger partial charge in [0, 0.05) is 6.42 Å². The number of aromatic nitrogens is 2. The lowest BCUT2D eigenvalue weighted by molar-refractivity contribution is -0.133. The summed E-state index contributed by atoms with van der Waals surface area (Å²) in [4.78, 5) is 12.1. The fraction of sp³-hybridized carbons (Fsp3) is 0.400. The third-order valence-electron chi connectivity index (χ3n) is 3.84. The zero-order valence-corrected chi connectivity index (χ0v) is 12.7. The Labute approximate surface area is 131 Å². The average Bonchev–Trinajstić information content (AvgIpc) is 3.12. The van der Waals surface area contributed by atoms with Gasteiger partial charge >= 0.3 is 0 Å². The van der Waals surface area contributed by atoms with Crippen LogP contribution in [-0.4, -0.2) is 26.8 Å². The van der Waals surface area contributed by atoms with Gasteiger partial charge in [0.25, 0.3) is 5.91 Å². The Balaban J connectivity index is 1.66. The van der Waals surface area contributed by atoms with E-state index in [-0.39, 0.29) is 5.82 Å². The van der Waals surface area contributed by atoms with Crippen LogP contribution in [0.5, 0.6) is 0 Å². The summed E-state index contributed by atoms with van der Waals surface area (Å²) in [6, 6.07) is 6.48. The van der Waals surface area contributed by atoms with Gasteiger partial charge in [-0.3, -0.25) is 10.1 Å². The number of nitrogens with zero attached hydrogens (tertiary/aromatic N) is 2. The van der Waals surface area contributed by atoms with Crippen LogP contribution in [0.25, 0.3) is 0 Å². The number of amides is 1. The monoisotopic (exact) mass is 321 g/mol. The molecule has 1 aromatic carbocycles. The Morgan fingerprint density at radius 3 is 2.77 bits per heavy atom. The quantitative estimate of drug-likeness (QED) is 0.907. The molecule has 0 bridgehead atoms.